The van der Waals surface area contributed by atoms with Gasteiger partial charge in [-0.05, 0) is 57.8 Å². The third-order valence-corrected chi connectivity index (χ3v) is 12.0. The molecule has 0 aliphatic rings. The third kappa shape index (κ3) is 44.5. The lowest BCUT2D eigenvalue weighted by Gasteiger charge is -2.25. The number of nitrogens with one attached hydrogen (secondary N) is 1. The average Bonchev–Trinajstić information content (AvgIpc) is 3.20. The minimum absolute atomic E-state index is 0.0546. The number of carbonyl (C=O) groups excluding carboxylic acids is 1. The molecule has 9 heteroatoms. The Hall–Kier alpha value is -1.54. The van der Waals surface area contributed by atoms with E-state index in [0.29, 0.717) is 17.4 Å². The zero-order valence-electron chi connectivity index (χ0n) is 39.9. The Morgan fingerprint density at radius 2 is 0.967 bits per heavy atom. The maximum Gasteiger partial charge on any atom is 0.472 e. The molecule has 0 saturated heterocycles. The molecule has 0 aliphatic heterocycles. The first-order valence-electron chi connectivity index (χ1n) is 25.0. The number of quaternary nitrogens is 1. The van der Waals surface area contributed by atoms with E-state index in [1.165, 1.54) is 161 Å². The second-order valence-electron chi connectivity index (χ2n) is 18.2. The van der Waals surface area contributed by atoms with Crippen LogP contribution in [-0.2, 0) is 18.4 Å². The van der Waals surface area contributed by atoms with E-state index in [4.69, 9.17) is 9.05 Å². The van der Waals surface area contributed by atoms with Crippen molar-refractivity contribution >= 4 is 13.7 Å². The summed E-state index contributed by atoms with van der Waals surface area (Å²) in [6.07, 6.45) is 54.7. The number of allylic oxidation sites excluding steroid dienone is 7. The van der Waals surface area contributed by atoms with Gasteiger partial charge in [0.2, 0.25) is 5.91 Å². The molecule has 1 amide bonds. The lowest BCUT2D eigenvalue weighted by Crippen LogP contribution is -2.45. The van der Waals surface area contributed by atoms with Gasteiger partial charge < -0.3 is 19.8 Å². The average molecular weight is 866 g/mol. The molecule has 0 spiro atoms. The highest BCUT2D eigenvalue weighted by atomic mass is 31.2. The quantitative estimate of drug-likeness (QED) is 0.0185. The first-order chi connectivity index (χ1) is 29.0. The van der Waals surface area contributed by atoms with Crippen molar-refractivity contribution in [1.29, 1.82) is 0 Å². The molecule has 0 aliphatic carbocycles. The molecule has 3 unspecified atom stereocenters. The van der Waals surface area contributed by atoms with E-state index < -0.39 is 20.0 Å². The van der Waals surface area contributed by atoms with Crippen LogP contribution in [0.1, 0.15) is 219 Å². The Labute approximate surface area is 371 Å². The van der Waals surface area contributed by atoms with Crippen LogP contribution in [0.25, 0.3) is 0 Å². The number of amides is 1. The topological polar surface area (TPSA) is 105 Å². The van der Waals surface area contributed by atoms with Gasteiger partial charge in [0.1, 0.15) is 13.2 Å². The van der Waals surface area contributed by atoms with Gasteiger partial charge in [0.25, 0.3) is 0 Å². The molecule has 0 bridgehead atoms. The molecule has 0 radical (unpaired) electrons. The molecule has 352 valence electrons. The van der Waals surface area contributed by atoms with Crippen LogP contribution in [0, 0.1) is 0 Å². The van der Waals surface area contributed by atoms with Crippen molar-refractivity contribution in [3.63, 3.8) is 0 Å². The van der Waals surface area contributed by atoms with Crippen molar-refractivity contribution in [1.82, 2.24) is 5.32 Å². The van der Waals surface area contributed by atoms with Crippen LogP contribution in [0.15, 0.2) is 48.6 Å². The molecule has 0 aromatic rings. The number of carbonyl (C=O) groups is 1. The fourth-order valence-corrected chi connectivity index (χ4v) is 7.78. The molecule has 0 fully saturated rings. The van der Waals surface area contributed by atoms with E-state index in [1.807, 2.05) is 27.2 Å². The second kappa shape index (κ2) is 42.7. The predicted molar refractivity (Wildman–Crippen MR) is 258 cm³/mol. The summed E-state index contributed by atoms with van der Waals surface area (Å²) in [5.74, 6) is -0.191. The van der Waals surface area contributed by atoms with Gasteiger partial charge in [0.05, 0.1) is 39.9 Å². The minimum Gasteiger partial charge on any atom is -0.387 e. The Bertz CT molecular complexity index is 1120. The molecule has 0 saturated carbocycles. The van der Waals surface area contributed by atoms with Gasteiger partial charge in [-0.3, -0.25) is 13.8 Å². The highest BCUT2D eigenvalue weighted by Crippen LogP contribution is 2.43. The Morgan fingerprint density at radius 1 is 0.567 bits per heavy atom. The summed E-state index contributed by atoms with van der Waals surface area (Å²) in [7, 11) is 1.55. The molecule has 3 atom stereocenters. The van der Waals surface area contributed by atoms with E-state index in [2.05, 4.69) is 55.6 Å². The van der Waals surface area contributed by atoms with E-state index in [-0.39, 0.29) is 19.1 Å². The van der Waals surface area contributed by atoms with Gasteiger partial charge in [-0.2, -0.15) is 0 Å². The smallest absolute Gasteiger partial charge is 0.387 e. The van der Waals surface area contributed by atoms with Crippen LogP contribution >= 0.6 is 7.82 Å². The van der Waals surface area contributed by atoms with Crippen molar-refractivity contribution < 1.29 is 32.9 Å². The van der Waals surface area contributed by atoms with Gasteiger partial charge in [-0.1, -0.05) is 204 Å². The number of hydrogen-bond acceptors (Lipinski definition) is 5. The van der Waals surface area contributed by atoms with Crippen LogP contribution in [-0.4, -0.2) is 73.4 Å². The molecular weight excluding hydrogens is 768 g/mol. The summed E-state index contributed by atoms with van der Waals surface area (Å²) in [4.78, 5) is 23.2. The summed E-state index contributed by atoms with van der Waals surface area (Å²) < 4.78 is 23.6. The third-order valence-electron chi connectivity index (χ3n) is 11.0. The van der Waals surface area contributed by atoms with Crippen molar-refractivity contribution in [3.8, 4) is 0 Å². The Kier molecular flexibility index (Phi) is 41.6. The summed E-state index contributed by atoms with van der Waals surface area (Å²) >= 11 is 0. The highest BCUT2D eigenvalue weighted by molar-refractivity contribution is 7.47. The first kappa shape index (κ1) is 58.5. The summed E-state index contributed by atoms with van der Waals surface area (Å²) in [6, 6.07) is -0.865. The molecule has 60 heavy (non-hydrogen) atoms. The number of phosphoric acid groups is 1. The maximum atomic E-state index is 12.9. The minimum atomic E-state index is -4.35. The monoisotopic (exact) mass is 866 g/mol. The van der Waals surface area contributed by atoms with Crippen molar-refractivity contribution in [3.05, 3.63) is 48.6 Å². The number of likely N-dealkylation sites (N-methyl/N-ethyl adjacent to an activating group) is 1. The number of hydrogen-bond donors (Lipinski definition) is 3. The number of aliphatic hydroxyl groups excluding tert-OH is 1. The maximum absolute atomic E-state index is 12.9. The van der Waals surface area contributed by atoms with Crippen molar-refractivity contribution in [2.45, 2.75) is 231 Å². The van der Waals surface area contributed by atoms with Crippen molar-refractivity contribution in [2.24, 2.45) is 0 Å². The lowest BCUT2D eigenvalue weighted by atomic mass is 10.0. The number of aliphatic hydroxyl groups is 1. The largest absolute Gasteiger partial charge is 0.472 e. The van der Waals surface area contributed by atoms with Crippen LogP contribution < -0.4 is 5.32 Å². The highest BCUT2D eigenvalue weighted by Gasteiger charge is 2.27. The summed E-state index contributed by atoms with van der Waals surface area (Å²) in [6.45, 7) is 4.77. The first-order valence-corrected chi connectivity index (χ1v) is 26.5. The molecule has 8 nitrogen and oxygen atoms in total. The molecule has 0 aromatic heterocycles. The molecule has 3 N–H and O–H groups in total. The predicted octanol–water partition coefficient (Wildman–Crippen LogP) is 14.4. The molecule has 0 aromatic carbocycles. The van der Waals surface area contributed by atoms with Crippen molar-refractivity contribution in [2.75, 3.05) is 40.9 Å². The SMILES string of the molecule is CCCCC/C=C\C=C/CCCCCCCCCCCCC(=O)NC(COP(=O)(O)OCC[N+](C)(C)C)C(O)/C=C/CC/C=C/CCCCCCCCCCCCCCC. The van der Waals surface area contributed by atoms with Gasteiger partial charge in [0.15, 0.2) is 0 Å². The van der Waals surface area contributed by atoms with Crippen LogP contribution in [0.3, 0.4) is 0 Å². The zero-order valence-corrected chi connectivity index (χ0v) is 40.8. The van der Waals surface area contributed by atoms with E-state index in [9.17, 15) is 19.4 Å². The summed E-state index contributed by atoms with van der Waals surface area (Å²) in [5.41, 5.74) is 0. The zero-order chi connectivity index (χ0) is 44.3. The number of rotatable bonds is 45. The fourth-order valence-electron chi connectivity index (χ4n) is 7.05. The number of phosphoric ester groups is 1. The van der Waals surface area contributed by atoms with Crippen LogP contribution in [0.4, 0.5) is 0 Å². The standard InChI is InChI=1S/C51H97N2O6P/c1-6-8-10-12-14-16-18-20-22-24-26-28-30-32-34-36-38-40-42-44-50(54)49(48-59-60(56,57)58-47-46-53(3,4)5)52-51(55)45-43-41-39-37-35-33-31-29-27-25-23-21-19-17-15-13-11-9-7-2/h15,17,19,21,34,36,42,44,49-50,54H,6-14,16,18,20,22-33,35,37-41,43,45-48H2,1-5H3,(H-,52,55,56,57)/p+1/b17-15-,21-19-,36-34+,44-42+. The number of nitrogens with zero attached hydrogens (tertiary/aromatic N) is 1. The van der Waals surface area contributed by atoms with Crippen LogP contribution in [0.5, 0.6) is 0 Å². The van der Waals surface area contributed by atoms with E-state index in [0.717, 1.165) is 38.5 Å². The molecule has 0 heterocycles. The van der Waals surface area contributed by atoms with Gasteiger partial charge in [-0.15, -0.1) is 0 Å². The van der Waals surface area contributed by atoms with E-state index in [1.54, 1.807) is 6.08 Å². The fraction of sp³-hybridized carbons (Fsp3) is 0.824. The second-order valence-corrected chi connectivity index (χ2v) is 19.7. The summed E-state index contributed by atoms with van der Waals surface area (Å²) in [5, 5.41) is 13.9. The normalized spacial score (nSPS) is 14.6. The van der Waals surface area contributed by atoms with Crippen LogP contribution in [0.2, 0.25) is 0 Å². The van der Waals surface area contributed by atoms with Gasteiger partial charge in [0, 0.05) is 6.42 Å². The Balaban J connectivity index is 4.39. The Morgan fingerprint density at radius 3 is 1.47 bits per heavy atom. The molecular formula is C51H98N2O6P+. The van der Waals surface area contributed by atoms with Gasteiger partial charge >= 0.3 is 7.82 Å². The molecule has 0 rings (SSSR count). The van der Waals surface area contributed by atoms with Gasteiger partial charge in [-0.25, -0.2) is 4.57 Å². The number of unbranched alkanes of at least 4 members (excludes halogenated alkanes) is 27. The van der Waals surface area contributed by atoms with E-state index >= 15 is 0 Å². The lowest BCUT2D eigenvalue weighted by molar-refractivity contribution is -0.870.